The van der Waals surface area contributed by atoms with Crippen molar-refractivity contribution in [3.8, 4) is 0 Å². The number of hydrogen-bond acceptors (Lipinski definition) is 5. The van der Waals surface area contributed by atoms with E-state index < -0.39 is 10.0 Å². The summed E-state index contributed by atoms with van der Waals surface area (Å²) in [5.41, 5.74) is 0. The zero-order chi connectivity index (χ0) is 15.9. The molecule has 2 aliphatic heterocycles. The summed E-state index contributed by atoms with van der Waals surface area (Å²) < 4.78 is 29.5. The summed E-state index contributed by atoms with van der Waals surface area (Å²) in [6.45, 7) is 1.39. The van der Waals surface area contributed by atoms with E-state index in [0.717, 1.165) is 56.7 Å². The molecule has 1 saturated heterocycles. The van der Waals surface area contributed by atoms with Gasteiger partial charge in [-0.3, -0.25) is 0 Å². The highest BCUT2D eigenvalue weighted by atomic mass is 32.2. The first-order valence-corrected chi connectivity index (χ1v) is 9.54. The number of imidazole rings is 1. The number of aryl methyl sites for hydroxylation is 1. The molecule has 0 spiro atoms. The zero-order valence-corrected chi connectivity index (χ0v) is 13.7. The van der Waals surface area contributed by atoms with Crippen LogP contribution in [0, 0.1) is 0 Å². The van der Waals surface area contributed by atoms with Gasteiger partial charge in [0.05, 0.1) is 18.6 Å². The maximum atomic E-state index is 12.9. The minimum absolute atomic E-state index is 0.141. The molecule has 2 aromatic rings. The van der Waals surface area contributed by atoms with Gasteiger partial charge in [-0.05, 0) is 25.7 Å². The van der Waals surface area contributed by atoms with E-state index in [1.165, 1.54) is 12.5 Å². The van der Waals surface area contributed by atoms with Crippen LogP contribution in [0.3, 0.4) is 0 Å². The molecule has 23 heavy (non-hydrogen) atoms. The van der Waals surface area contributed by atoms with E-state index in [-0.39, 0.29) is 11.1 Å². The van der Waals surface area contributed by atoms with Gasteiger partial charge in [-0.25, -0.2) is 13.4 Å². The lowest BCUT2D eigenvalue weighted by atomic mass is 10.0. The van der Waals surface area contributed by atoms with Crippen molar-refractivity contribution in [1.29, 1.82) is 0 Å². The van der Waals surface area contributed by atoms with Crippen molar-refractivity contribution in [3.63, 3.8) is 0 Å². The Morgan fingerprint density at radius 3 is 2.83 bits per heavy atom. The van der Waals surface area contributed by atoms with Gasteiger partial charge >= 0.3 is 0 Å². The van der Waals surface area contributed by atoms with Crippen molar-refractivity contribution in [2.75, 3.05) is 6.54 Å². The van der Waals surface area contributed by atoms with E-state index >= 15 is 0 Å². The van der Waals surface area contributed by atoms with Gasteiger partial charge in [0, 0.05) is 19.5 Å². The maximum Gasteiger partial charge on any atom is 0.260 e. The first-order valence-electron chi connectivity index (χ1n) is 8.10. The predicted molar refractivity (Wildman–Crippen MR) is 82.0 cm³/mol. The van der Waals surface area contributed by atoms with Gasteiger partial charge in [0.25, 0.3) is 10.0 Å². The first kappa shape index (κ1) is 14.8. The molecular formula is C14H20N6O2S. The lowest BCUT2D eigenvalue weighted by Gasteiger charge is -2.34. The third-order valence-corrected chi connectivity index (χ3v) is 6.53. The Hall–Kier alpha value is -1.74. The largest absolute Gasteiger partial charge is 0.335 e. The van der Waals surface area contributed by atoms with Crippen LogP contribution in [0.25, 0.3) is 0 Å². The molecule has 0 aromatic carbocycles. The van der Waals surface area contributed by atoms with Crippen LogP contribution in [0.5, 0.6) is 0 Å². The summed E-state index contributed by atoms with van der Waals surface area (Å²) in [5.74, 6) is 1.78. The molecule has 8 nitrogen and oxygen atoms in total. The van der Waals surface area contributed by atoms with E-state index in [1.54, 1.807) is 4.31 Å². The van der Waals surface area contributed by atoms with Gasteiger partial charge in [-0.1, -0.05) is 6.42 Å². The molecule has 9 heteroatoms. The average Bonchev–Trinajstić information content (AvgIpc) is 3.25. The second-order valence-corrected chi connectivity index (χ2v) is 7.99. The Morgan fingerprint density at radius 1 is 1.13 bits per heavy atom. The molecule has 0 saturated carbocycles. The zero-order valence-electron chi connectivity index (χ0n) is 12.8. The molecule has 0 radical (unpaired) electrons. The number of nitrogens with zero attached hydrogens (tertiary/aromatic N) is 5. The molecule has 124 valence electrons. The topological polar surface area (TPSA) is 96.8 Å². The number of sulfonamides is 1. The van der Waals surface area contributed by atoms with Gasteiger partial charge in [0.2, 0.25) is 0 Å². The first-order chi connectivity index (χ1) is 11.2. The van der Waals surface area contributed by atoms with Gasteiger partial charge < -0.3 is 9.55 Å². The van der Waals surface area contributed by atoms with Crippen LogP contribution >= 0.6 is 0 Å². The fraction of sp³-hybridized carbons (Fsp3) is 0.643. The highest BCUT2D eigenvalue weighted by Crippen LogP contribution is 2.35. The molecular weight excluding hydrogens is 316 g/mol. The SMILES string of the molecule is O=S(=O)(c1cnc[nH]1)N1CCCCC1c1nnc2n1CCCC2. The highest BCUT2D eigenvalue weighted by molar-refractivity contribution is 7.89. The normalized spacial score (nSPS) is 22.9. The number of nitrogens with one attached hydrogen (secondary N) is 1. The summed E-state index contributed by atoms with van der Waals surface area (Å²) in [6, 6.07) is -0.239. The Balaban J connectivity index is 1.73. The Labute approximate surface area is 135 Å². The summed E-state index contributed by atoms with van der Waals surface area (Å²) >= 11 is 0. The molecule has 2 aliphatic rings. The van der Waals surface area contributed by atoms with E-state index in [1.807, 2.05) is 0 Å². The number of aromatic amines is 1. The van der Waals surface area contributed by atoms with Crippen LogP contribution in [-0.2, 0) is 23.0 Å². The molecule has 0 bridgehead atoms. The maximum absolute atomic E-state index is 12.9. The van der Waals surface area contributed by atoms with E-state index in [9.17, 15) is 8.42 Å². The number of H-pyrrole nitrogens is 1. The van der Waals surface area contributed by atoms with Crippen LogP contribution in [-0.4, -0.2) is 44.0 Å². The summed E-state index contributed by atoms with van der Waals surface area (Å²) in [5, 5.41) is 8.77. The fourth-order valence-corrected chi connectivity index (χ4v) is 5.09. The molecule has 1 atom stereocenters. The van der Waals surface area contributed by atoms with Crippen molar-refractivity contribution in [2.45, 2.75) is 56.1 Å². The molecule has 4 rings (SSSR count). The second kappa shape index (κ2) is 5.72. The van der Waals surface area contributed by atoms with E-state index in [4.69, 9.17) is 0 Å². The molecule has 2 aromatic heterocycles. The smallest absolute Gasteiger partial charge is 0.260 e. The number of hydrogen-bond donors (Lipinski definition) is 1. The molecule has 0 aliphatic carbocycles. The second-order valence-electron chi connectivity index (χ2n) is 6.13. The number of aromatic nitrogens is 5. The third-order valence-electron chi connectivity index (χ3n) is 4.70. The minimum Gasteiger partial charge on any atom is -0.335 e. The standard InChI is InChI=1S/C14H20N6O2S/c21-23(22,13-9-15-10-16-13)20-8-4-1-5-11(20)14-18-17-12-6-2-3-7-19(12)14/h9-11H,1-8H2,(H,15,16). The van der Waals surface area contributed by atoms with Crippen molar-refractivity contribution in [3.05, 3.63) is 24.2 Å². The van der Waals surface area contributed by atoms with E-state index in [2.05, 4.69) is 24.7 Å². The molecule has 1 unspecified atom stereocenters. The van der Waals surface area contributed by atoms with Crippen molar-refractivity contribution in [1.82, 2.24) is 29.0 Å². The monoisotopic (exact) mass is 336 g/mol. The molecule has 0 amide bonds. The van der Waals surface area contributed by atoms with Crippen LogP contribution in [0.2, 0.25) is 0 Å². The Kier molecular flexibility index (Phi) is 3.68. The van der Waals surface area contributed by atoms with Crippen LogP contribution in [0.4, 0.5) is 0 Å². The number of fused-ring (bicyclic) bond motifs is 1. The van der Waals surface area contributed by atoms with Gasteiger partial charge in [-0.15, -0.1) is 10.2 Å². The average molecular weight is 336 g/mol. The van der Waals surface area contributed by atoms with Crippen molar-refractivity contribution < 1.29 is 8.42 Å². The van der Waals surface area contributed by atoms with Crippen LogP contribution in [0.1, 0.15) is 49.8 Å². The predicted octanol–water partition coefficient (Wildman–Crippen LogP) is 1.25. The minimum atomic E-state index is -3.59. The third kappa shape index (κ3) is 2.47. The van der Waals surface area contributed by atoms with Crippen LogP contribution in [0.15, 0.2) is 17.6 Å². The summed E-state index contributed by atoms with van der Waals surface area (Å²) in [7, 11) is -3.59. The Bertz CT molecular complexity index is 782. The lowest BCUT2D eigenvalue weighted by molar-refractivity contribution is 0.238. The quantitative estimate of drug-likeness (QED) is 0.910. The number of piperidine rings is 1. The Morgan fingerprint density at radius 2 is 2.00 bits per heavy atom. The molecule has 4 heterocycles. The summed E-state index contributed by atoms with van der Waals surface area (Å²) in [6.07, 6.45) is 8.55. The van der Waals surface area contributed by atoms with Gasteiger partial charge in [-0.2, -0.15) is 4.31 Å². The van der Waals surface area contributed by atoms with Gasteiger partial charge in [0.15, 0.2) is 10.9 Å². The van der Waals surface area contributed by atoms with Crippen molar-refractivity contribution in [2.24, 2.45) is 0 Å². The highest BCUT2D eigenvalue weighted by Gasteiger charge is 2.38. The fourth-order valence-electron chi connectivity index (χ4n) is 3.54. The summed E-state index contributed by atoms with van der Waals surface area (Å²) in [4.78, 5) is 6.57. The van der Waals surface area contributed by atoms with Gasteiger partial charge in [0.1, 0.15) is 5.82 Å². The van der Waals surface area contributed by atoms with E-state index in [0.29, 0.717) is 6.54 Å². The molecule has 1 fully saturated rings. The van der Waals surface area contributed by atoms with Crippen molar-refractivity contribution >= 4 is 10.0 Å². The van der Waals surface area contributed by atoms with Crippen LogP contribution < -0.4 is 0 Å². The lowest BCUT2D eigenvalue weighted by Crippen LogP contribution is -2.40. The number of rotatable bonds is 3. The molecule has 1 N–H and O–H groups in total.